The summed E-state index contributed by atoms with van der Waals surface area (Å²) in [7, 11) is 0. The minimum atomic E-state index is 0.612. The second-order valence-electron chi connectivity index (χ2n) is 5.45. The summed E-state index contributed by atoms with van der Waals surface area (Å²) in [5, 5.41) is 18.6. The molecule has 4 nitrogen and oxygen atoms in total. The summed E-state index contributed by atoms with van der Waals surface area (Å²) in [6, 6.07) is 10.4. The van der Waals surface area contributed by atoms with Crippen molar-refractivity contribution in [1.29, 1.82) is 5.26 Å². The fourth-order valence-electron chi connectivity index (χ4n) is 2.36. The Balaban J connectivity index is 1.63. The molecule has 2 saturated carbocycles. The molecule has 2 aliphatic rings. The van der Waals surface area contributed by atoms with Gasteiger partial charge in [-0.3, -0.25) is 0 Å². The van der Waals surface area contributed by atoms with Crippen LogP contribution in [0.1, 0.15) is 49.0 Å². The van der Waals surface area contributed by atoms with Crippen LogP contribution in [-0.4, -0.2) is 14.8 Å². The van der Waals surface area contributed by atoms with Gasteiger partial charge in [-0.1, -0.05) is 0 Å². The first-order valence-corrected chi connectivity index (χ1v) is 7.79. The van der Waals surface area contributed by atoms with Crippen molar-refractivity contribution in [2.75, 3.05) is 0 Å². The topological polar surface area (TPSA) is 54.5 Å². The Morgan fingerprint density at radius 1 is 1.10 bits per heavy atom. The van der Waals surface area contributed by atoms with E-state index in [-0.39, 0.29) is 0 Å². The summed E-state index contributed by atoms with van der Waals surface area (Å²) in [5.41, 5.74) is 0.691. The Labute approximate surface area is 121 Å². The van der Waals surface area contributed by atoms with E-state index in [1.165, 1.54) is 31.5 Å². The molecular formula is C15H14N4S. The van der Waals surface area contributed by atoms with Crippen molar-refractivity contribution in [2.24, 2.45) is 0 Å². The Morgan fingerprint density at radius 3 is 2.45 bits per heavy atom. The van der Waals surface area contributed by atoms with Crippen molar-refractivity contribution < 1.29 is 0 Å². The van der Waals surface area contributed by atoms with Gasteiger partial charge in [0.2, 0.25) is 0 Å². The lowest BCUT2D eigenvalue weighted by atomic mass is 10.2. The summed E-state index contributed by atoms with van der Waals surface area (Å²) < 4.78 is 2.35. The third-order valence-electron chi connectivity index (χ3n) is 3.74. The fourth-order valence-corrected chi connectivity index (χ4v) is 3.26. The van der Waals surface area contributed by atoms with Crippen molar-refractivity contribution >= 4 is 11.8 Å². The molecule has 1 heterocycles. The van der Waals surface area contributed by atoms with Crippen LogP contribution in [0.4, 0.5) is 0 Å². The van der Waals surface area contributed by atoms with Crippen LogP contribution in [0.3, 0.4) is 0 Å². The molecule has 20 heavy (non-hydrogen) atoms. The van der Waals surface area contributed by atoms with Gasteiger partial charge < -0.3 is 4.57 Å². The molecule has 2 fully saturated rings. The Kier molecular flexibility index (Phi) is 2.78. The molecule has 0 atom stereocenters. The minimum absolute atomic E-state index is 0.612. The molecule has 0 N–H and O–H groups in total. The molecule has 0 bridgehead atoms. The molecule has 1 aromatic heterocycles. The molecule has 100 valence electrons. The fraction of sp³-hybridized carbons (Fsp3) is 0.400. The average Bonchev–Trinajstić information content (AvgIpc) is 3.39. The first-order chi connectivity index (χ1) is 9.85. The van der Waals surface area contributed by atoms with E-state index in [4.69, 9.17) is 5.26 Å². The van der Waals surface area contributed by atoms with Crippen LogP contribution < -0.4 is 0 Å². The van der Waals surface area contributed by atoms with E-state index >= 15 is 0 Å². The highest BCUT2D eigenvalue weighted by Crippen LogP contribution is 2.46. The number of hydrogen-bond acceptors (Lipinski definition) is 4. The quantitative estimate of drug-likeness (QED) is 0.861. The van der Waals surface area contributed by atoms with Gasteiger partial charge in [0, 0.05) is 16.9 Å². The van der Waals surface area contributed by atoms with E-state index < -0.39 is 0 Å². The molecule has 0 spiro atoms. The number of hydrogen-bond donors (Lipinski definition) is 0. The highest BCUT2D eigenvalue weighted by Gasteiger charge is 2.36. The second-order valence-corrected chi connectivity index (χ2v) is 6.50. The molecule has 2 aromatic rings. The Morgan fingerprint density at radius 2 is 1.85 bits per heavy atom. The van der Waals surface area contributed by atoms with E-state index in [0.717, 1.165) is 10.1 Å². The largest absolute Gasteiger partial charge is 0.302 e. The summed E-state index contributed by atoms with van der Waals surface area (Å²) in [4.78, 5) is 1.11. The number of benzene rings is 1. The highest BCUT2D eigenvalue weighted by atomic mass is 32.2. The third-order valence-corrected chi connectivity index (χ3v) is 4.71. The zero-order chi connectivity index (χ0) is 13.5. The van der Waals surface area contributed by atoms with Crippen molar-refractivity contribution in [3.8, 4) is 6.07 Å². The molecule has 0 aliphatic heterocycles. The van der Waals surface area contributed by atoms with E-state index in [2.05, 4.69) is 20.8 Å². The monoisotopic (exact) mass is 282 g/mol. The van der Waals surface area contributed by atoms with E-state index in [1.54, 1.807) is 11.8 Å². The van der Waals surface area contributed by atoms with Crippen molar-refractivity contribution in [1.82, 2.24) is 14.8 Å². The van der Waals surface area contributed by atoms with Gasteiger partial charge >= 0.3 is 0 Å². The molecule has 5 heteroatoms. The maximum atomic E-state index is 8.83. The predicted molar refractivity (Wildman–Crippen MR) is 75.5 cm³/mol. The first kappa shape index (κ1) is 12.0. The normalized spacial score (nSPS) is 17.9. The first-order valence-electron chi connectivity index (χ1n) is 6.98. The van der Waals surface area contributed by atoms with Crippen LogP contribution in [0.15, 0.2) is 34.3 Å². The number of nitrogens with zero attached hydrogens (tertiary/aromatic N) is 4. The Hall–Kier alpha value is -1.80. The van der Waals surface area contributed by atoms with Crippen LogP contribution >= 0.6 is 11.8 Å². The van der Waals surface area contributed by atoms with Crippen LogP contribution in [-0.2, 0) is 0 Å². The van der Waals surface area contributed by atoms with Crippen LogP contribution in [0.25, 0.3) is 0 Å². The molecule has 1 aromatic carbocycles. The number of nitriles is 1. The SMILES string of the molecule is N#Cc1ccc(Sc2nnc(C3CC3)n2C2CC2)cc1. The minimum Gasteiger partial charge on any atom is -0.302 e. The molecule has 0 saturated heterocycles. The highest BCUT2D eigenvalue weighted by molar-refractivity contribution is 7.99. The summed E-state index contributed by atoms with van der Waals surface area (Å²) in [6.07, 6.45) is 5.01. The van der Waals surface area contributed by atoms with Crippen LogP contribution in [0, 0.1) is 11.3 Å². The van der Waals surface area contributed by atoms with E-state index in [0.29, 0.717) is 17.5 Å². The maximum absolute atomic E-state index is 8.83. The maximum Gasteiger partial charge on any atom is 0.196 e. The zero-order valence-corrected chi connectivity index (χ0v) is 11.8. The van der Waals surface area contributed by atoms with Gasteiger partial charge in [-0.15, -0.1) is 10.2 Å². The Bertz CT molecular complexity index is 675. The van der Waals surface area contributed by atoms with E-state index in [9.17, 15) is 0 Å². The standard InChI is InChI=1S/C15H14N4S/c16-9-10-1-7-13(8-2-10)20-15-18-17-14(11-3-4-11)19(15)12-5-6-12/h1-2,7-8,11-12H,3-6H2. The van der Waals surface area contributed by atoms with Gasteiger partial charge in [0.05, 0.1) is 11.6 Å². The van der Waals surface area contributed by atoms with Gasteiger partial charge in [0.25, 0.3) is 0 Å². The molecule has 4 rings (SSSR count). The molecule has 0 amide bonds. The molecular weight excluding hydrogens is 268 g/mol. The summed E-state index contributed by atoms with van der Waals surface area (Å²) in [6.45, 7) is 0. The lowest BCUT2D eigenvalue weighted by Gasteiger charge is -2.07. The zero-order valence-electron chi connectivity index (χ0n) is 11.0. The second kappa shape index (κ2) is 4.64. The number of aromatic nitrogens is 3. The van der Waals surface area contributed by atoms with Crippen molar-refractivity contribution in [2.45, 2.75) is 47.7 Å². The van der Waals surface area contributed by atoms with Gasteiger partial charge in [-0.2, -0.15) is 5.26 Å². The molecule has 2 aliphatic carbocycles. The van der Waals surface area contributed by atoms with Crippen LogP contribution in [0.2, 0.25) is 0 Å². The summed E-state index contributed by atoms with van der Waals surface area (Å²) in [5.74, 6) is 1.82. The van der Waals surface area contributed by atoms with Gasteiger partial charge in [-0.05, 0) is 61.7 Å². The molecule has 0 unspecified atom stereocenters. The van der Waals surface area contributed by atoms with Crippen molar-refractivity contribution in [3.63, 3.8) is 0 Å². The smallest absolute Gasteiger partial charge is 0.196 e. The third kappa shape index (κ3) is 2.20. The summed E-state index contributed by atoms with van der Waals surface area (Å²) >= 11 is 1.65. The number of rotatable bonds is 4. The lowest BCUT2D eigenvalue weighted by Crippen LogP contribution is -2.01. The predicted octanol–water partition coefficient (Wildman–Crippen LogP) is 3.51. The van der Waals surface area contributed by atoms with Gasteiger partial charge in [-0.25, -0.2) is 0 Å². The van der Waals surface area contributed by atoms with Crippen LogP contribution in [0.5, 0.6) is 0 Å². The van der Waals surface area contributed by atoms with Gasteiger partial charge in [0.1, 0.15) is 5.82 Å². The molecule has 0 radical (unpaired) electrons. The average molecular weight is 282 g/mol. The van der Waals surface area contributed by atoms with E-state index in [1.807, 2.05) is 24.3 Å². The van der Waals surface area contributed by atoms with Crippen molar-refractivity contribution in [3.05, 3.63) is 35.7 Å². The lowest BCUT2D eigenvalue weighted by molar-refractivity contribution is 0.627. The van der Waals surface area contributed by atoms with Gasteiger partial charge in [0.15, 0.2) is 5.16 Å².